The highest BCUT2D eigenvalue weighted by Gasteiger charge is 2.28. The van der Waals surface area contributed by atoms with Gasteiger partial charge in [-0.2, -0.15) is 0 Å². The minimum absolute atomic E-state index is 0.0367. The van der Waals surface area contributed by atoms with E-state index in [0.29, 0.717) is 0 Å². The Morgan fingerprint density at radius 1 is 1.28 bits per heavy atom. The predicted molar refractivity (Wildman–Crippen MR) is 74.4 cm³/mol. The molecule has 0 aliphatic carbocycles. The zero-order valence-corrected chi connectivity index (χ0v) is 11.5. The van der Waals surface area contributed by atoms with Crippen molar-refractivity contribution in [2.24, 2.45) is 5.41 Å². The number of nitrogens with zero attached hydrogens (tertiary/aromatic N) is 2. The molecule has 1 aromatic heterocycles. The molecule has 0 fully saturated rings. The van der Waals surface area contributed by atoms with Crippen LogP contribution in [0, 0.1) is 5.41 Å². The van der Waals surface area contributed by atoms with Crippen LogP contribution in [0.5, 0.6) is 0 Å². The minimum atomic E-state index is -0.622. The molecule has 1 aromatic carbocycles. The third-order valence-corrected chi connectivity index (χ3v) is 4.51. The lowest BCUT2D eigenvalue weighted by molar-refractivity contribution is 0.146. The summed E-state index contributed by atoms with van der Waals surface area (Å²) in [6, 6.07) is 7.91. The monoisotopic (exact) mass is 260 g/mol. The highest BCUT2D eigenvalue weighted by atomic mass is 32.2. The lowest BCUT2D eigenvalue weighted by atomic mass is 9.95. The highest BCUT2D eigenvalue weighted by Crippen LogP contribution is 2.44. The largest absolute Gasteiger partial charge is 0.369 e. The number of thioether (sulfide) groups is 1. The molecule has 0 saturated heterocycles. The van der Waals surface area contributed by atoms with Crippen molar-refractivity contribution in [2.75, 3.05) is 0 Å². The molecule has 2 aromatic rings. The Kier molecular flexibility index (Phi) is 2.54. The summed E-state index contributed by atoms with van der Waals surface area (Å²) >= 11 is 1.65. The van der Waals surface area contributed by atoms with Crippen molar-refractivity contribution in [3.63, 3.8) is 0 Å². The first-order valence-corrected chi connectivity index (χ1v) is 6.83. The van der Waals surface area contributed by atoms with Gasteiger partial charge in [-0.3, -0.25) is 4.57 Å². The average Bonchev–Trinajstić information content (AvgIpc) is 2.66. The molecule has 1 unspecified atom stereocenters. The molecule has 1 N–H and O–H groups in total. The number of hydrogen-bond donors (Lipinski definition) is 1. The summed E-state index contributed by atoms with van der Waals surface area (Å²) in [6.07, 6.45) is 1.30. The minimum Gasteiger partial charge on any atom is -0.369 e. The van der Waals surface area contributed by atoms with E-state index in [2.05, 4.69) is 25.8 Å². The fraction of sp³-hybridized carbons (Fsp3) is 0.357. The first-order valence-electron chi connectivity index (χ1n) is 6.02. The molecule has 3 rings (SSSR count). The second-order valence-electron chi connectivity index (χ2n) is 5.55. The normalized spacial score (nSPS) is 19.8. The van der Waals surface area contributed by atoms with Gasteiger partial charge < -0.3 is 5.11 Å². The van der Waals surface area contributed by atoms with Gasteiger partial charge in [-0.1, -0.05) is 44.7 Å². The van der Waals surface area contributed by atoms with Gasteiger partial charge in [0.1, 0.15) is 0 Å². The molecule has 0 bridgehead atoms. The first-order chi connectivity index (χ1) is 8.47. The number of benzene rings is 1. The zero-order chi connectivity index (χ0) is 12.9. The molecular weight excluding hydrogens is 244 g/mol. The quantitative estimate of drug-likeness (QED) is 0.787. The summed E-state index contributed by atoms with van der Waals surface area (Å²) in [5, 5.41) is 11.2. The van der Waals surface area contributed by atoms with Crippen LogP contribution < -0.4 is 0 Å². The Morgan fingerprint density at radius 2 is 2.00 bits per heavy atom. The van der Waals surface area contributed by atoms with E-state index in [1.807, 2.05) is 34.9 Å². The summed E-state index contributed by atoms with van der Waals surface area (Å²) in [7, 11) is 0. The Hall–Kier alpha value is -1.26. The second kappa shape index (κ2) is 3.87. The predicted octanol–water partition coefficient (Wildman–Crippen LogP) is 3.56. The summed E-state index contributed by atoms with van der Waals surface area (Å²) in [5.74, 6) is 0. The van der Waals surface area contributed by atoms with Gasteiger partial charge in [0.05, 0.1) is 11.0 Å². The summed E-state index contributed by atoms with van der Waals surface area (Å²) in [5.41, 5.74) is 1.95. The van der Waals surface area contributed by atoms with E-state index in [9.17, 15) is 5.11 Å². The average molecular weight is 260 g/mol. The van der Waals surface area contributed by atoms with Crippen molar-refractivity contribution in [3.8, 4) is 0 Å². The van der Waals surface area contributed by atoms with Crippen LogP contribution in [-0.4, -0.2) is 14.7 Å². The Morgan fingerprint density at radius 3 is 2.72 bits per heavy atom. The zero-order valence-electron chi connectivity index (χ0n) is 10.7. The smallest absolute Gasteiger partial charge is 0.176 e. The summed E-state index contributed by atoms with van der Waals surface area (Å²) in [4.78, 5) is 5.76. The summed E-state index contributed by atoms with van der Waals surface area (Å²) < 4.78 is 1.88. The lowest BCUT2D eigenvalue weighted by Gasteiger charge is -2.28. The van der Waals surface area contributed by atoms with Crippen LogP contribution in [-0.2, 0) is 0 Å². The van der Waals surface area contributed by atoms with Gasteiger partial charge in [0.25, 0.3) is 0 Å². The van der Waals surface area contributed by atoms with Crippen LogP contribution in [0.1, 0.15) is 27.0 Å². The summed E-state index contributed by atoms with van der Waals surface area (Å²) in [6.45, 7) is 6.45. The van der Waals surface area contributed by atoms with Crippen LogP contribution in [0.3, 0.4) is 0 Å². The molecule has 18 heavy (non-hydrogen) atoms. The van der Waals surface area contributed by atoms with Gasteiger partial charge in [-0.25, -0.2) is 4.98 Å². The van der Waals surface area contributed by atoms with Crippen molar-refractivity contribution in [3.05, 3.63) is 35.2 Å². The number of fused-ring (bicyclic) bond motifs is 3. The number of allylic oxidation sites excluding steroid dienone is 1. The molecule has 0 spiro atoms. The maximum Gasteiger partial charge on any atom is 0.176 e. The van der Waals surface area contributed by atoms with E-state index in [1.165, 1.54) is 0 Å². The number of aromatic nitrogens is 2. The van der Waals surface area contributed by atoms with Crippen LogP contribution in [0.25, 0.3) is 11.0 Å². The van der Waals surface area contributed by atoms with Crippen LogP contribution in [0.2, 0.25) is 0 Å². The SMILES string of the molecule is CC(C)(C)C1=CC(O)n2c(nc3ccccc32)S1. The fourth-order valence-corrected chi connectivity index (χ4v) is 3.24. The highest BCUT2D eigenvalue weighted by molar-refractivity contribution is 8.03. The number of para-hydroxylation sites is 2. The molecule has 0 amide bonds. The number of hydrogen-bond acceptors (Lipinski definition) is 3. The number of imidazole rings is 1. The number of aliphatic hydroxyl groups is 1. The Bertz CT molecular complexity index is 637. The Balaban J connectivity index is 2.16. The van der Waals surface area contributed by atoms with Crippen LogP contribution in [0.15, 0.2) is 40.4 Å². The molecule has 2 heterocycles. The molecule has 1 atom stereocenters. The van der Waals surface area contributed by atoms with Gasteiger partial charge in [-0.05, 0) is 28.5 Å². The fourth-order valence-electron chi connectivity index (χ4n) is 2.10. The third kappa shape index (κ3) is 1.76. The standard InChI is InChI=1S/C14H16N2OS/c1-14(2,3)11-8-12(17)16-10-7-5-4-6-9(10)15-13(16)18-11/h4-8,12,17H,1-3H3. The number of rotatable bonds is 0. The van der Waals surface area contributed by atoms with Crippen molar-refractivity contribution in [2.45, 2.75) is 32.2 Å². The molecule has 1 aliphatic rings. The van der Waals surface area contributed by atoms with Gasteiger partial charge in [-0.15, -0.1) is 0 Å². The Labute approximate surface area is 111 Å². The van der Waals surface area contributed by atoms with Crippen LogP contribution in [0.4, 0.5) is 0 Å². The van der Waals surface area contributed by atoms with Gasteiger partial charge in [0.15, 0.2) is 11.4 Å². The van der Waals surface area contributed by atoms with E-state index in [4.69, 9.17) is 0 Å². The molecule has 4 heteroatoms. The first kappa shape index (κ1) is 11.8. The van der Waals surface area contributed by atoms with Crippen molar-refractivity contribution < 1.29 is 5.11 Å². The third-order valence-electron chi connectivity index (χ3n) is 3.07. The van der Waals surface area contributed by atoms with E-state index >= 15 is 0 Å². The molecule has 94 valence electrons. The van der Waals surface area contributed by atoms with E-state index < -0.39 is 6.23 Å². The molecule has 3 nitrogen and oxygen atoms in total. The lowest BCUT2D eigenvalue weighted by Crippen LogP contribution is -2.17. The second-order valence-corrected chi connectivity index (χ2v) is 6.56. The number of aliphatic hydroxyl groups excluding tert-OH is 1. The molecule has 1 aliphatic heterocycles. The maximum atomic E-state index is 10.3. The van der Waals surface area contributed by atoms with Gasteiger partial charge in [0, 0.05) is 0 Å². The molecule has 0 radical (unpaired) electrons. The van der Waals surface area contributed by atoms with Gasteiger partial charge in [0.2, 0.25) is 0 Å². The van der Waals surface area contributed by atoms with Crippen LogP contribution >= 0.6 is 11.8 Å². The van der Waals surface area contributed by atoms with E-state index in [1.54, 1.807) is 11.8 Å². The van der Waals surface area contributed by atoms with Crippen molar-refractivity contribution >= 4 is 22.8 Å². The van der Waals surface area contributed by atoms with Gasteiger partial charge >= 0.3 is 0 Å². The van der Waals surface area contributed by atoms with Crippen molar-refractivity contribution in [1.82, 2.24) is 9.55 Å². The molecular formula is C14H16N2OS. The topological polar surface area (TPSA) is 38.0 Å². The molecule has 0 saturated carbocycles. The van der Waals surface area contributed by atoms with E-state index in [0.717, 1.165) is 21.1 Å². The maximum absolute atomic E-state index is 10.3. The van der Waals surface area contributed by atoms with Crippen molar-refractivity contribution in [1.29, 1.82) is 0 Å². The van der Waals surface area contributed by atoms with E-state index in [-0.39, 0.29) is 5.41 Å².